The minimum absolute atomic E-state index is 0.0137. The van der Waals surface area contributed by atoms with E-state index >= 15 is 0 Å². The Kier molecular flexibility index (Phi) is 5.20. The van der Waals surface area contributed by atoms with Gasteiger partial charge in [-0.25, -0.2) is 15.0 Å². The van der Waals surface area contributed by atoms with Gasteiger partial charge in [0.2, 0.25) is 23.7 Å². The minimum atomic E-state index is -0.0225. The van der Waals surface area contributed by atoms with E-state index in [1.54, 1.807) is 18.5 Å². The number of hydrogen-bond donors (Lipinski definition) is 2. The molecule has 2 fully saturated rings. The zero-order chi connectivity index (χ0) is 19.5. The second-order valence-electron chi connectivity index (χ2n) is 6.93. The molecule has 2 aromatic rings. The Balaban J connectivity index is 1.55. The Labute approximate surface area is 162 Å². The molecule has 1 saturated heterocycles. The maximum Gasteiger partial charge on any atom is 0.229 e. The van der Waals surface area contributed by atoms with Crippen molar-refractivity contribution in [1.29, 1.82) is 0 Å². The lowest BCUT2D eigenvalue weighted by molar-refractivity contribution is -0.120. The predicted octanol–water partition coefficient (Wildman–Crippen LogP) is 0.398. The Morgan fingerprint density at radius 3 is 2.64 bits per heavy atom. The molecule has 4 rings (SSSR count). The summed E-state index contributed by atoms with van der Waals surface area (Å²) < 4.78 is 11.5. The summed E-state index contributed by atoms with van der Waals surface area (Å²) in [6.07, 6.45) is 4.80. The van der Waals surface area contributed by atoms with Gasteiger partial charge >= 0.3 is 0 Å². The zero-order valence-corrected chi connectivity index (χ0v) is 15.7. The van der Waals surface area contributed by atoms with Crippen molar-refractivity contribution in [2.45, 2.75) is 31.9 Å². The molecule has 0 spiro atoms. The fourth-order valence-corrected chi connectivity index (χ4v) is 3.23. The molecular formula is C18H23N7O3. The first-order valence-corrected chi connectivity index (χ1v) is 9.30. The zero-order valence-electron chi connectivity index (χ0n) is 15.7. The SMILES string of the molecule is CC(=O)N[C@H]1C[C@H](Oc2cc(-c3cnc(N)nc3)nc(N3CCOCC3)n2)C1. The van der Waals surface area contributed by atoms with Crippen LogP contribution in [0.3, 0.4) is 0 Å². The highest BCUT2D eigenvalue weighted by atomic mass is 16.5. The molecule has 0 atom stereocenters. The summed E-state index contributed by atoms with van der Waals surface area (Å²) in [7, 11) is 0. The number of nitrogens with zero attached hydrogens (tertiary/aromatic N) is 5. The second kappa shape index (κ2) is 7.93. The maximum atomic E-state index is 11.1. The fraction of sp³-hybridized carbons (Fsp3) is 0.500. The number of rotatable bonds is 5. The second-order valence-corrected chi connectivity index (χ2v) is 6.93. The van der Waals surface area contributed by atoms with E-state index in [1.807, 2.05) is 0 Å². The maximum absolute atomic E-state index is 11.1. The number of ether oxygens (including phenoxy) is 2. The highest BCUT2D eigenvalue weighted by Crippen LogP contribution is 2.29. The van der Waals surface area contributed by atoms with Gasteiger partial charge in [0, 0.05) is 62.9 Å². The molecule has 1 aliphatic heterocycles. The van der Waals surface area contributed by atoms with Gasteiger partial charge in [-0.2, -0.15) is 4.98 Å². The molecule has 10 nitrogen and oxygen atoms in total. The number of carbonyl (C=O) groups is 1. The van der Waals surface area contributed by atoms with Crippen LogP contribution < -0.4 is 20.7 Å². The minimum Gasteiger partial charge on any atom is -0.474 e. The number of nitrogen functional groups attached to an aromatic ring is 1. The number of carbonyl (C=O) groups excluding carboxylic acids is 1. The van der Waals surface area contributed by atoms with Gasteiger partial charge in [0.25, 0.3) is 0 Å². The molecule has 1 aliphatic carbocycles. The summed E-state index contributed by atoms with van der Waals surface area (Å²) in [5, 5.41) is 2.90. The summed E-state index contributed by atoms with van der Waals surface area (Å²) >= 11 is 0. The first kappa shape index (κ1) is 18.4. The van der Waals surface area contributed by atoms with Crippen molar-refractivity contribution in [3.8, 4) is 17.1 Å². The molecule has 28 heavy (non-hydrogen) atoms. The number of morpholine rings is 1. The van der Waals surface area contributed by atoms with Crippen LogP contribution in [0.15, 0.2) is 18.5 Å². The smallest absolute Gasteiger partial charge is 0.229 e. The van der Waals surface area contributed by atoms with Crippen molar-refractivity contribution >= 4 is 17.8 Å². The molecule has 2 aliphatic rings. The Morgan fingerprint density at radius 2 is 1.96 bits per heavy atom. The van der Waals surface area contributed by atoms with E-state index in [1.165, 1.54) is 6.92 Å². The van der Waals surface area contributed by atoms with Crippen LogP contribution in [0, 0.1) is 0 Å². The van der Waals surface area contributed by atoms with E-state index in [0.29, 0.717) is 30.7 Å². The van der Waals surface area contributed by atoms with Crippen LogP contribution >= 0.6 is 0 Å². The van der Waals surface area contributed by atoms with E-state index < -0.39 is 0 Å². The lowest BCUT2D eigenvalue weighted by Gasteiger charge is -2.35. The van der Waals surface area contributed by atoms with Gasteiger partial charge in [-0.15, -0.1) is 0 Å². The molecule has 1 saturated carbocycles. The van der Waals surface area contributed by atoms with Crippen molar-refractivity contribution in [1.82, 2.24) is 25.3 Å². The third-order valence-electron chi connectivity index (χ3n) is 4.74. The number of anilines is 2. The monoisotopic (exact) mass is 385 g/mol. The molecule has 10 heteroatoms. The van der Waals surface area contributed by atoms with Crippen LogP contribution in [-0.2, 0) is 9.53 Å². The Hall–Kier alpha value is -3.01. The third kappa shape index (κ3) is 4.28. The molecule has 0 bridgehead atoms. The van der Waals surface area contributed by atoms with E-state index in [9.17, 15) is 4.79 Å². The normalized spacial score (nSPS) is 21.7. The average Bonchev–Trinajstić information content (AvgIpc) is 2.67. The van der Waals surface area contributed by atoms with Gasteiger partial charge in [-0.3, -0.25) is 4.79 Å². The van der Waals surface area contributed by atoms with E-state index in [0.717, 1.165) is 31.5 Å². The van der Waals surface area contributed by atoms with E-state index in [2.05, 4.69) is 30.2 Å². The average molecular weight is 385 g/mol. The fourth-order valence-electron chi connectivity index (χ4n) is 3.23. The lowest BCUT2D eigenvalue weighted by atomic mass is 9.89. The van der Waals surface area contributed by atoms with Gasteiger partial charge in [0.15, 0.2) is 0 Å². The molecule has 0 aromatic carbocycles. The highest BCUT2D eigenvalue weighted by Gasteiger charge is 2.32. The van der Waals surface area contributed by atoms with Crippen molar-refractivity contribution in [3.63, 3.8) is 0 Å². The third-order valence-corrected chi connectivity index (χ3v) is 4.74. The van der Waals surface area contributed by atoms with Crippen LogP contribution in [0.4, 0.5) is 11.9 Å². The summed E-state index contributed by atoms with van der Waals surface area (Å²) in [6, 6.07) is 1.94. The van der Waals surface area contributed by atoms with Crippen molar-refractivity contribution < 1.29 is 14.3 Å². The van der Waals surface area contributed by atoms with E-state index in [-0.39, 0.29) is 24.0 Å². The molecule has 2 aromatic heterocycles. The van der Waals surface area contributed by atoms with Crippen LogP contribution in [0.25, 0.3) is 11.3 Å². The first-order chi connectivity index (χ1) is 13.6. The molecule has 3 heterocycles. The summed E-state index contributed by atoms with van der Waals surface area (Å²) in [5.41, 5.74) is 7.00. The van der Waals surface area contributed by atoms with Crippen LogP contribution in [0.1, 0.15) is 19.8 Å². The largest absolute Gasteiger partial charge is 0.474 e. The van der Waals surface area contributed by atoms with Crippen LogP contribution in [0.5, 0.6) is 5.88 Å². The summed E-state index contributed by atoms with van der Waals surface area (Å²) in [4.78, 5) is 30.6. The predicted molar refractivity (Wildman–Crippen MR) is 102 cm³/mol. The van der Waals surface area contributed by atoms with Gasteiger partial charge in [-0.1, -0.05) is 0 Å². The molecule has 1 amide bonds. The standard InChI is InChI=1S/C18H23N7O3/c1-11(26)22-13-6-14(7-13)28-16-8-15(12-9-20-17(19)21-10-12)23-18(24-16)25-2-4-27-5-3-25/h8-10,13-14H,2-7H2,1H3,(H,22,26)(H2,19,20,21)/t13-,14-. The topological polar surface area (TPSA) is 128 Å². The van der Waals surface area contributed by atoms with Crippen molar-refractivity contribution in [3.05, 3.63) is 18.5 Å². The molecule has 0 radical (unpaired) electrons. The molecular weight excluding hydrogens is 362 g/mol. The number of amides is 1. The summed E-state index contributed by atoms with van der Waals surface area (Å²) in [5.74, 6) is 1.27. The molecule has 0 unspecified atom stereocenters. The highest BCUT2D eigenvalue weighted by molar-refractivity contribution is 5.73. The van der Waals surface area contributed by atoms with Crippen LogP contribution in [-0.4, -0.2) is 64.3 Å². The molecule has 3 N–H and O–H groups in total. The number of aromatic nitrogens is 4. The Morgan fingerprint density at radius 1 is 1.25 bits per heavy atom. The summed E-state index contributed by atoms with van der Waals surface area (Å²) in [6.45, 7) is 4.23. The first-order valence-electron chi connectivity index (χ1n) is 9.30. The number of hydrogen-bond acceptors (Lipinski definition) is 9. The van der Waals surface area contributed by atoms with Gasteiger partial charge in [0.05, 0.1) is 18.9 Å². The van der Waals surface area contributed by atoms with Gasteiger partial charge in [0.1, 0.15) is 6.10 Å². The van der Waals surface area contributed by atoms with Crippen molar-refractivity contribution in [2.24, 2.45) is 0 Å². The number of nitrogens with two attached hydrogens (primary N) is 1. The Bertz CT molecular complexity index is 834. The van der Waals surface area contributed by atoms with E-state index in [4.69, 9.17) is 15.2 Å². The quantitative estimate of drug-likeness (QED) is 0.751. The lowest BCUT2D eigenvalue weighted by Crippen LogP contribution is -2.48. The number of nitrogens with one attached hydrogen (secondary N) is 1. The van der Waals surface area contributed by atoms with Crippen LogP contribution in [0.2, 0.25) is 0 Å². The molecule has 148 valence electrons. The van der Waals surface area contributed by atoms with Gasteiger partial charge < -0.3 is 25.4 Å². The van der Waals surface area contributed by atoms with Gasteiger partial charge in [-0.05, 0) is 0 Å². The van der Waals surface area contributed by atoms with Crippen molar-refractivity contribution in [2.75, 3.05) is 36.9 Å².